The minimum atomic E-state index is -1.04. The van der Waals surface area contributed by atoms with Gasteiger partial charge in [0.2, 0.25) is 0 Å². The van der Waals surface area contributed by atoms with Crippen LogP contribution in [0.1, 0.15) is 6.42 Å². The molecule has 0 aliphatic heterocycles. The summed E-state index contributed by atoms with van der Waals surface area (Å²) in [7, 11) is 0. The number of aliphatic carboxylic acids is 1. The van der Waals surface area contributed by atoms with Crippen LogP contribution < -0.4 is 5.73 Å². The highest BCUT2D eigenvalue weighted by Crippen LogP contribution is 1.82. The number of nitrogens with zero attached hydrogens (tertiary/aromatic N) is 1. The summed E-state index contributed by atoms with van der Waals surface area (Å²) in [6.45, 7) is 0. The van der Waals surface area contributed by atoms with Gasteiger partial charge in [-0.3, -0.25) is 4.79 Å². The van der Waals surface area contributed by atoms with E-state index in [-0.39, 0.29) is 6.42 Å². The van der Waals surface area contributed by atoms with Crippen LogP contribution in [0.25, 0.3) is 0 Å². The molecule has 0 radical (unpaired) electrons. The van der Waals surface area contributed by atoms with Crippen LogP contribution >= 0.6 is 0 Å². The molecule has 0 aromatic heterocycles. The Balaban J connectivity index is 3.43. The normalized spacial score (nSPS) is 12.0. The van der Waals surface area contributed by atoms with E-state index in [4.69, 9.17) is 16.1 Å². The Morgan fingerprint density at radius 3 is 2.62 bits per heavy atom. The van der Waals surface area contributed by atoms with Crippen LogP contribution in [0, 0.1) is 11.3 Å². The Morgan fingerprint density at radius 2 is 2.50 bits per heavy atom. The van der Waals surface area contributed by atoms with Crippen molar-refractivity contribution in [2.24, 2.45) is 5.73 Å². The van der Waals surface area contributed by atoms with Gasteiger partial charge < -0.3 is 10.8 Å². The summed E-state index contributed by atoms with van der Waals surface area (Å²) in [6, 6.07) is 0.725. The summed E-state index contributed by atoms with van der Waals surface area (Å²) in [5.74, 6) is -1.04. The molecule has 44 valence electrons. The van der Waals surface area contributed by atoms with Gasteiger partial charge in [-0.2, -0.15) is 5.26 Å². The van der Waals surface area contributed by atoms with Gasteiger partial charge in [0.25, 0.3) is 0 Å². The van der Waals surface area contributed by atoms with Gasteiger partial charge in [-0.25, -0.2) is 0 Å². The molecular formula is C4H6N2O2. The lowest BCUT2D eigenvalue weighted by atomic mass is 10.2. The van der Waals surface area contributed by atoms with Crippen molar-refractivity contribution in [3.05, 3.63) is 0 Å². The average Bonchev–Trinajstić information content (AvgIpc) is 1.65. The highest BCUT2D eigenvalue weighted by Gasteiger charge is 2.03. The van der Waals surface area contributed by atoms with Crippen LogP contribution in [0.15, 0.2) is 0 Å². The first-order chi connectivity index (χ1) is 3.66. The minimum absolute atomic E-state index is 0.281. The molecule has 0 unspecified atom stereocenters. The van der Waals surface area contributed by atoms with Gasteiger partial charge in [-0.05, 0) is 0 Å². The third-order valence-electron chi connectivity index (χ3n) is 0.560. The van der Waals surface area contributed by atoms with Gasteiger partial charge in [0.05, 0.1) is 12.5 Å². The van der Waals surface area contributed by atoms with Gasteiger partial charge in [0, 0.05) is 0 Å². The van der Waals surface area contributed by atoms with Gasteiger partial charge in [-0.15, -0.1) is 0 Å². The van der Waals surface area contributed by atoms with Crippen molar-refractivity contribution in [3.63, 3.8) is 0 Å². The number of hydrogen-bond donors (Lipinski definition) is 2. The van der Waals surface area contributed by atoms with E-state index in [1.54, 1.807) is 6.07 Å². The molecule has 0 aromatic carbocycles. The van der Waals surface area contributed by atoms with E-state index >= 15 is 0 Å². The first-order valence-electron chi connectivity index (χ1n) is 2.04. The molecule has 0 heterocycles. The van der Waals surface area contributed by atoms with Gasteiger partial charge in [0.15, 0.2) is 0 Å². The summed E-state index contributed by atoms with van der Waals surface area (Å²) in [6.07, 6.45) is -0.281. The number of hydrogen-bond acceptors (Lipinski definition) is 3. The van der Waals surface area contributed by atoms with Crippen LogP contribution in [0.5, 0.6) is 0 Å². The highest BCUT2D eigenvalue weighted by atomic mass is 16.4. The second-order valence-corrected chi connectivity index (χ2v) is 1.33. The maximum atomic E-state index is 9.74. The summed E-state index contributed by atoms with van der Waals surface area (Å²) >= 11 is 0. The Bertz CT molecular complexity index is 126. The van der Waals surface area contributed by atoms with Gasteiger partial charge in [0.1, 0.15) is 6.04 Å². The fourth-order valence-corrected chi connectivity index (χ4v) is 0.234. The SMILES string of the molecule is N#C[C@H](N)CC(=O)O. The van der Waals surface area contributed by atoms with Crippen LogP contribution in [0.3, 0.4) is 0 Å². The zero-order valence-corrected chi connectivity index (χ0v) is 4.16. The number of carboxylic acid groups (broad SMARTS) is 1. The molecule has 0 amide bonds. The van der Waals surface area contributed by atoms with E-state index in [0.717, 1.165) is 0 Å². The molecule has 0 aliphatic rings. The van der Waals surface area contributed by atoms with Gasteiger partial charge in [-0.1, -0.05) is 0 Å². The highest BCUT2D eigenvalue weighted by molar-refractivity contribution is 5.67. The maximum absolute atomic E-state index is 9.74. The standard InChI is InChI=1S/C4H6N2O2/c5-2-3(6)1-4(7)8/h3H,1,6H2,(H,7,8)/t3-/m1/s1. The first-order valence-corrected chi connectivity index (χ1v) is 2.04. The third-order valence-corrected chi connectivity index (χ3v) is 0.560. The van der Waals surface area contributed by atoms with Crippen molar-refractivity contribution in [1.29, 1.82) is 5.26 Å². The van der Waals surface area contributed by atoms with Gasteiger partial charge >= 0.3 is 5.97 Å². The molecule has 8 heavy (non-hydrogen) atoms. The lowest BCUT2D eigenvalue weighted by Gasteiger charge is -1.92. The molecule has 1 atom stereocenters. The summed E-state index contributed by atoms with van der Waals surface area (Å²) in [5.41, 5.74) is 4.93. The number of rotatable bonds is 2. The second kappa shape index (κ2) is 2.99. The molecule has 0 rings (SSSR count). The summed E-state index contributed by atoms with van der Waals surface area (Å²) < 4.78 is 0. The molecule has 0 bridgehead atoms. The number of nitrogens with two attached hydrogens (primary N) is 1. The predicted octanol–water partition coefficient (Wildman–Crippen LogP) is -0.688. The Labute approximate surface area is 46.5 Å². The second-order valence-electron chi connectivity index (χ2n) is 1.33. The molecule has 0 spiro atoms. The molecular weight excluding hydrogens is 108 g/mol. The van der Waals surface area contributed by atoms with E-state index in [1.165, 1.54) is 0 Å². The summed E-state index contributed by atoms with van der Waals surface area (Å²) in [5, 5.41) is 15.9. The number of carbonyl (C=O) groups is 1. The topological polar surface area (TPSA) is 87.1 Å². The Hall–Kier alpha value is -1.08. The molecule has 3 N–H and O–H groups in total. The fraction of sp³-hybridized carbons (Fsp3) is 0.500. The van der Waals surface area contributed by atoms with E-state index < -0.39 is 12.0 Å². The number of nitriles is 1. The lowest BCUT2D eigenvalue weighted by molar-refractivity contribution is -0.137. The molecule has 4 heteroatoms. The maximum Gasteiger partial charge on any atom is 0.306 e. The molecule has 0 aliphatic carbocycles. The zero-order valence-electron chi connectivity index (χ0n) is 4.16. The minimum Gasteiger partial charge on any atom is -0.481 e. The van der Waals surface area contributed by atoms with Crippen molar-refractivity contribution in [1.82, 2.24) is 0 Å². The van der Waals surface area contributed by atoms with Crippen molar-refractivity contribution in [2.75, 3.05) is 0 Å². The van der Waals surface area contributed by atoms with Crippen molar-refractivity contribution < 1.29 is 9.90 Å². The zero-order chi connectivity index (χ0) is 6.57. The van der Waals surface area contributed by atoms with E-state index in [2.05, 4.69) is 0 Å². The predicted molar refractivity (Wildman–Crippen MR) is 25.8 cm³/mol. The Morgan fingerprint density at radius 1 is 2.00 bits per heavy atom. The molecule has 0 saturated carbocycles. The van der Waals surface area contributed by atoms with E-state index in [1.807, 2.05) is 0 Å². The average molecular weight is 114 g/mol. The number of carboxylic acids is 1. The van der Waals surface area contributed by atoms with Crippen molar-refractivity contribution in [2.45, 2.75) is 12.5 Å². The van der Waals surface area contributed by atoms with Crippen LogP contribution in [-0.4, -0.2) is 17.1 Å². The fourth-order valence-electron chi connectivity index (χ4n) is 0.234. The smallest absolute Gasteiger partial charge is 0.306 e. The largest absolute Gasteiger partial charge is 0.481 e. The van der Waals surface area contributed by atoms with E-state index in [9.17, 15) is 4.79 Å². The monoisotopic (exact) mass is 114 g/mol. The summed E-state index contributed by atoms with van der Waals surface area (Å²) in [4.78, 5) is 9.74. The molecule has 4 nitrogen and oxygen atoms in total. The quantitative estimate of drug-likeness (QED) is 0.497. The molecule has 0 fully saturated rings. The first kappa shape index (κ1) is 6.92. The van der Waals surface area contributed by atoms with Crippen LogP contribution in [0.4, 0.5) is 0 Å². The van der Waals surface area contributed by atoms with E-state index in [0.29, 0.717) is 0 Å². The van der Waals surface area contributed by atoms with Crippen molar-refractivity contribution in [3.8, 4) is 6.07 Å². The molecule has 0 aromatic rings. The third kappa shape index (κ3) is 3.12. The van der Waals surface area contributed by atoms with Crippen LogP contribution in [-0.2, 0) is 4.79 Å². The van der Waals surface area contributed by atoms with Crippen molar-refractivity contribution >= 4 is 5.97 Å². The Kier molecular flexibility index (Phi) is 2.59. The lowest BCUT2D eigenvalue weighted by Crippen LogP contribution is -2.20. The molecule has 0 saturated heterocycles. The van der Waals surface area contributed by atoms with Crippen LogP contribution in [0.2, 0.25) is 0 Å².